The zero-order chi connectivity index (χ0) is 23.8. The van der Waals surface area contributed by atoms with E-state index in [-0.39, 0.29) is 18.1 Å². The number of rotatable bonds is 9. The molecule has 0 fully saturated rings. The molecule has 0 spiro atoms. The molecule has 0 bridgehead atoms. The number of carbonyl (C=O) groups is 3. The van der Waals surface area contributed by atoms with Crippen molar-refractivity contribution < 1.29 is 23.5 Å². The Balaban J connectivity index is 1.66. The van der Waals surface area contributed by atoms with Gasteiger partial charge in [0.2, 0.25) is 0 Å². The van der Waals surface area contributed by atoms with Gasteiger partial charge in [-0.05, 0) is 41.7 Å². The topological polar surface area (TPSA) is 97.6 Å². The van der Waals surface area contributed by atoms with E-state index >= 15 is 0 Å². The van der Waals surface area contributed by atoms with Gasteiger partial charge in [-0.1, -0.05) is 62.4 Å². The molecule has 0 unspecified atom stereocenters. The van der Waals surface area contributed by atoms with Crippen LogP contribution in [0.15, 0.2) is 71.3 Å². The van der Waals surface area contributed by atoms with Crippen LogP contribution in [0, 0.1) is 6.92 Å². The molecule has 7 nitrogen and oxygen atoms in total. The van der Waals surface area contributed by atoms with Gasteiger partial charge in [0.05, 0.1) is 6.26 Å². The molecule has 3 rings (SSSR count). The summed E-state index contributed by atoms with van der Waals surface area (Å²) in [7, 11) is 0. The Hall–Kier alpha value is -3.87. The minimum Gasteiger partial charge on any atom is -0.459 e. The van der Waals surface area contributed by atoms with Crippen LogP contribution < -0.4 is 10.6 Å². The van der Waals surface area contributed by atoms with Gasteiger partial charge in [0.15, 0.2) is 12.4 Å². The first kappa shape index (κ1) is 23.8. The molecule has 3 aromatic rings. The van der Waals surface area contributed by atoms with E-state index in [0.717, 1.165) is 22.4 Å². The maximum Gasteiger partial charge on any atom is 0.329 e. The monoisotopic (exact) mass is 448 g/mol. The number of amides is 2. The summed E-state index contributed by atoms with van der Waals surface area (Å²) in [5.74, 6) is -1.39. The molecule has 0 aliphatic heterocycles. The number of furan rings is 1. The normalized spacial score (nSPS) is 11.6. The SMILES string of the molecule is Cc1cccc(C(C)C)c1NC(=O)COC(=O)[C@H](Cc1ccccc1)NC(=O)c1ccco1. The number of hydrogen-bond donors (Lipinski definition) is 2. The highest BCUT2D eigenvalue weighted by molar-refractivity contribution is 5.96. The van der Waals surface area contributed by atoms with Gasteiger partial charge in [-0.15, -0.1) is 0 Å². The van der Waals surface area contributed by atoms with Crippen LogP contribution in [0.25, 0.3) is 0 Å². The first-order valence-electron chi connectivity index (χ1n) is 10.8. The van der Waals surface area contributed by atoms with E-state index in [1.165, 1.54) is 12.3 Å². The summed E-state index contributed by atoms with van der Waals surface area (Å²) in [6.07, 6.45) is 1.59. The van der Waals surface area contributed by atoms with Gasteiger partial charge in [-0.2, -0.15) is 0 Å². The molecule has 2 amide bonds. The number of hydrogen-bond acceptors (Lipinski definition) is 5. The van der Waals surface area contributed by atoms with Gasteiger partial charge >= 0.3 is 5.97 Å². The van der Waals surface area contributed by atoms with Gasteiger partial charge < -0.3 is 19.8 Å². The van der Waals surface area contributed by atoms with Crippen molar-refractivity contribution in [2.75, 3.05) is 11.9 Å². The summed E-state index contributed by atoms with van der Waals surface area (Å²) in [5, 5.41) is 5.48. The number of ether oxygens (including phenoxy) is 1. The highest BCUT2D eigenvalue weighted by Crippen LogP contribution is 2.27. The molecule has 2 N–H and O–H groups in total. The minimum atomic E-state index is -0.984. The maximum atomic E-state index is 12.8. The second-order valence-electron chi connectivity index (χ2n) is 8.04. The van der Waals surface area contributed by atoms with Crippen molar-refractivity contribution in [2.45, 2.75) is 39.2 Å². The van der Waals surface area contributed by atoms with Gasteiger partial charge in [0.25, 0.3) is 11.8 Å². The third kappa shape index (κ3) is 6.55. The smallest absolute Gasteiger partial charge is 0.329 e. The fourth-order valence-corrected chi connectivity index (χ4v) is 3.44. The zero-order valence-electron chi connectivity index (χ0n) is 19.0. The summed E-state index contributed by atoms with van der Waals surface area (Å²) >= 11 is 0. The Morgan fingerprint density at radius 1 is 0.970 bits per heavy atom. The van der Waals surface area contributed by atoms with Crippen LogP contribution in [0.2, 0.25) is 0 Å². The lowest BCUT2D eigenvalue weighted by Crippen LogP contribution is -2.44. The Kier molecular flexibility index (Phi) is 8.02. The summed E-state index contributed by atoms with van der Waals surface area (Å²) in [6, 6.07) is 17.1. The maximum absolute atomic E-state index is 12.8. The van der Waals surface area contributed by atoms with E-state index in [2.05, 4.69) is 10.6 Å². The van der Waals surface area contributed by atoms with Gasteiger partial charge in [-0.3, -0.25) is 9.59 Å². The number of aryl methyl sites for hydroxylation is 1. The number of esters is 1. The van der Waals surface area contributed by atoms with Gasteiger partial charge in [-0.25, -0.2) is 4.79 Å². The Bertz CT molecular complexity index is 1090. The van der Waals surface area contributed by atoms with E-state index in [9.17, 15) is 14.4 Å². The van der Waals surface area contributed by atoms with E-state index < -0.39 is 30.4 Å². The van der Waals surface area contributed by atoms with Crippen molar-refractivity contribution in [1.29, 1.82) is 0 Å². The van der Waals surface area contributed by atoms with Crippen molar-refractivity contribution in [1.82, 2.24) is 5.32 Å². The molecular weight excluding hydrogens is 420 g/mol. The van der Waals surface area contributed by atoms with Crippen LogP contribution in [0.3, 0.4) is 0 Å². The molecule has 1 heterocycles. The molecule has 0 saturated heterocycles. The molecule has 0 radical (unpaired) electrons. The molecule has 33 heavy (non-hydrogen) atoms. The van der Waals surface area contributed by atoms with Crippen molar-refractivity contribution in [3.8, 4) is 0 Å². The number of carbonyl (C=O) groups excluding carboxylic acids is 3. The van der Waals surface area contributed by atoms with Crippen LogP contribution in [-0.4, -0.2) is 30.4 Å². The summed E-state index contributed by atoms with van der Waals surface area (Å²) in [4.78, 5) is 37.8. The first-order chi connectivity index (χ1) is 15.8. The summed E-state index contributed by atoms with van der Waals surface area (Å²) in [5.41, 5.74) is 3.49. The van der Waals surface area contributed by atoms with Gasteiger partial charge in [0, 0.05) is 12.1 Å². The zero-order valence-corrected chi connectivity index (χ0v) is 19.0. The molecule has 1 atom stereocenters. The highest BCUT2D eigenvalue weighted by atomic mass is 16.5. The van der Waals surface area contributed by atoms with Crippen LogP contribution in [0.1, 0.15) is 47.0 Å². The quantitative estimate of drug-likeness (QED) is 0.477. The van der Waals surface area contributed by atoms with E-state index in [1.807, 2.05) is 69.3 Å². The average Bonchev–Trinajstić information content (AvgIpc) is 3.34. The molecular formula is C26H28N2O5. The molecule has 1 aromatic heterocycles. The van der Waals surface area contributed by atoms with Crippen molar-refractivity contribution in [3.05, 3.63) is 89.4 Å². The molecule has 2 aromatic carbocycles. The molecule has 0 aliphatic carbocycles. The fraction of sp³-hybridized carbons (Fsp3) is 0.269. The van der Waals surface area contributed by atoms with E-state index in [0.29, 0.717) is 0 Å². The van der Waals surface area contributed by atoms with E-state index in [1.54, 1.807) is 6.07 Å². The number of anilines is 1. The lowest BCUT2D eigenvalue weighted by molar-refractivity contribution is -0.149. The van der Waals surface area contributed by atoms with Crippen LogP contribution in [0.5, 0.6) is 0 Å². The Morgan fingerprint density at radius 2 is 1.73 bits per heavy atom. The fourth-order valence-electron chi connectivity index (χ4n) is 3.44. The Morgan fingerprint density at radius 3 is 2.39 bits per heavy atom. The number of para-hydroxylation sites is 1. The summed E-state index contributed by atoms with van der Waals surface area (Å²) in [6.45, 7) is 5.53. The predicted octanol–water partition coefficient (Wildman–Crippen LogP) is 4.23. The number of benzene rings is 2. The largest absolute Gasteiger partial charge is 0.459 e. The Labute approximate surface area is 193 Å². The average molecular weight is 449 g/mol. The van der Waals surface area contributed by atoms with Crippen LogP contribution in [-0.2, 0) is 20.7 Å². The lowest BCUT2D eigenvalue weighted by Gasteiger charge is -2.18. The third-order valence-electron chi connectivity index (χ3n) is 5.15. The summed E-state index contributed by atoms with van der Waals surface area (Å²) < 4.78 is 10.4. The first-order valence-corrected chi connectivity index (χ1v) is 10.8. The molecule has 0 aliphatic rings. The lowest BCUT2D eigenvalue weighted by atomic mass is 9.98. The highest BCUT2D eigenvalue weighted by Gasteiger charge is 2.25. The van der Waals surface area contributed by atoms with Gasteiger partial charge in [0.1, 0.15) is 6.04 Å². The molecule has 172 valence electrons. The molecule has 7 heteroatoms. The predicted molar refractivity (Wildman–Crippen MR) is 125 cm³/mol. The standard InChI is InChI=1S/C26H28N2O5/c1-17(2)20-12-7-9-18(3)24(20)28-23(29)16-33-26(31)21(15-19-10-5-4-6-11-19)27-25(30)22-13-8-14-32-22/h4-14,17,21H,15-16H2,1-3H3,(H,27,30)(H,28,29)/t21-/m0/s1. The second-order valence-corrected chi connectivity index (χ2v) is 8.04. The second kappa shape index (κ2) is 11.1. The van der Waals surface area contributed by atoms with Crippen LogP contribution >= 0.6 is 0 Å². The number of nitrogens with one attached hydrogen (secondary N) is 2. The molecule has 0 saturated carbocycles. The van der Waals surface area contributed by atoms with Crippen molar-refractivity contribution in [2.24, 2.45) is 0 Å². The van der Waals surface area contributed by atoms with Crippen molar-refractivity contribution in [3.63, 3.8) is 0 Å². The van der Waals surface area contributed by atoms with Crippen LogP contribution in [0.4, 0.5) is 5.69 Å². The third-order valence-corrected chi connectivity index (χ3v) is 5.15. The van der Waals surface area contributed by atoms with E-state index in [4.69, 9.17) is 9.15 Å². The minimum absolute atomic E-state index is 0.0828. The van der Waals surface area contributed by atoms with Crippen molar-refractivity contribution >= 4 is 23.5 Å².